The molecule has 5 heteroatoms. The van der Waals surface area contributed by atoms with E-state index in [0.717, 1.165) is 34.1 Å². The minimum absolute atomic E-state index is 1.11. The molecule has 3 aromatic heterocycles. The number of nitrogens with zero attached hydrogens (tertiary/aromatic N) is 2. The monoisotopic (exact) mass is 780 g/mol. The first-order valence-corrected chi connectivity index (χ1v) is 21.6. The van der Waals surface area contributed by atoms with E-state index in [0.29, 0.717) is 0 Å². The van der Waals surface area contributed by atoms with Crippen molar-refractivity contribution in [1.82, 2.24) is 0 Å². The Morgan fingerprint density at radius 2 is 0.895 bits per heavy atom. The van der Waals surface area contributed by atoms with Crippen molar-refractivity contribution in [2.45, 2.75) is 0 Å². The van der Waals surface area contributed by atoms with Crippen molar-refractivity contribution in [3.05, 3.63) is 194 Å². The first kappa shape index (κ1) is 32.7. The number of fused-ring (bicyclic) bond motifs is 11. The molecule has 12 aromatic rings. The zero-order valence-corrected chi connectivity index (χ0v) is 33.0. The van der Waals surface area contributed by atoms with Crippen LogP contribution in [0.2, 0.25) is 0 Å². The van der Waals surface area contributed by atoms with E-state index in [2.05, 4.69) is 204 Å². The molecule has 0 unspecified atom stereocenters. The average molecular weight is 781 g/mol. The molecule has 0 aliphatic heterocycles. The summed E-state index contributed by atoms with van der Waals surface area (Å²) in [4.78, 5) is 5.02. The van der Waals surface area contributed by atoms with Gasteiger partial charge in [0.05, 0.1) is 21.8 Å². The summed E-state index contributed by atoms with van der Waals surface area (Å²) >= 11 is 5.62. The molecule has 2 nitrogen and oxygen atoms in total. The molecule has 0 amide bonds. The fraction of sp³-hybridized carbons (Fsp3) is 0. The average Bonchev–Trinajstić information content (AvgIpc) is 3.97. The Hall–Kier alpha value is -6.50. The summed E-state index contributed by atoms with van der Waals surface area (Å²) in [5, 5.41) is 10.3. The van der Waals surface area contributed by atoms with Gasteiger partial charge >= 0.3 is 0 Å². The molecule has 0 aliphatic carbocycles. The summed E-state index contributed by atoms with van der Waals surface area (Å²) in [6, 6.07) is 71.4. The van der Waals surface area contributed by atoms with E-state index in [1.54, 1.807) is 0 Å². The van der Waals surface area contributed by atoms with Crippen LogP contribution in [-0.2, 0) is 0 Å². The lowest BCUT2D eigenvalue weighted by Crippen LogP contribution is -2.17. The van der Waals surface area contributed by atoms with Crippen molar-refractivity contribution in [3.8, 4) is 0 Å². The van der Waals surface area contributed by atoms with E-state index in [1.807, 2.05) is 34.0 Å². The first-order valence-electron chi connectivity index (χ1n) is 19.2. The lowest BCUT2D eigenvalue weighted by Gasteiger charge is -2.34. The van der Waals surface area contributed by atoms with Gasteiger partial charge in [0, 0.05) is 72.9 Å². The normalized spacial score (nSPS) is 11.9. The molecule has 0 fully saturated rings. The number of anilines is 6. The van der Waals surface area contributed by atoms with Crippen LogP contribution in [-0.4, -0.2) is 0 Å². The lowest BCUT2D eigenvalue weighted by molar-refractivity contribution is 1.25. The molecule has 0 aliphatic rings. The van der Waals surface area contributed by atoms with Gasteiger partial charge in [0.2, 0.25) is 0 Å². The molecule has 0 saturated carbocycles. The standard InChI is InChI=1S/C52H32N2S3/c1-3-15-34(16-4-1)53(36-27-28-39-38-20-9-11-23-44(38)56-48(39)32-36)51-43(30-29-41-49-37-19-8-7-14-33(37)26-31-47(49)57-52(41)51)54(35-17-5-2-6-18-35)42-22-13-25-46-50(42)40-21-10-12-24-45(40)55-46/h1-32H. The second-order valence-corrected chi connectivity index (χ2v) is 17.7. The number of rotatable bonds is 6. The van der Waals surface area contributed by atoms with Gasteiger partial charge in [-0.1, -0.05) is 121 Å². The van der Waals surface area contributed by atoms with E-state index in [4.69, 9.17) is 0 Å². The molecular weight excluding hydrogens is 749 g/mol. The quantitative estimate of drug-likeness (QED) is 0.166. The summed E-state index contributed by atoms with van der Waals surface area (Å²) in [6.07, 6.45) is 0. The molecule has 9 aromatic carbocycles. The van der Waals surface area contributed by atoms with Crippen molar-refractivity contribution in [3.63, 3.8) is 0 Å². The third-order valence-corrected chi connectivity index (χ3v) is 14.7. The maximum Gasteiger partial charge on any atom is 0.0883 e. The number of benzene rings is 9. The van der Waals surface area contributed by atoms with Crippen LogP contribution in [0.1, 0.15) is 0 Å². The highest BCUT2D eigenvalue weighted by molar-refractivity contribution is 7.27. The molecule has 0 saturated heterocycles. The van der Waals surface area contributed by atoms with Gasteiger partial charge in [-0.3, -0.25) is 0 Å². The minimum Gasteiger partial charge on any atom is -0.308 e. The lowest BCUT2D eigenvalue weighted by atomic mass is 10.0. The van der Waals surface area contributed by atoms with Gasteiger partial charge < -0.3 is 9.80 Å². The van der Waals surface area contributed by atoms with Crippen LogP contribution in [0.4, 0.5) is 34.1 Å². The summed E-state index contributed by atoms with van der Waals surface area (Å²) < 4.78 is 7.69. The maximum absolute atomic E-state index is 2.51. The summed E-state index contributed by atoms with van der Waals surface area (Å²) in [7, 11) is 0. The van der Waals surface area contributed by atoms with Crippen LogP contribution in [0.5, 0.6) is 0 Å². The topological polar surface area (TPSA) is 6.48 Å². The Morgan fingerprint density at radius 1 is 0.298 bits per heavy atom. The predicted molar refractivity (Wildman–Crippen MR) is 252 cm³/mol. The van der Waals surface area contributed by atoms with Gasteiger partial charge in [-0.15, -0.1) is 34.0 Å². The fourth-order valence-electron chi connectivity index (χ4n) is 8.75. The van der Waals surface area contributed by atoms with Crippen LogP contribution in [0.3, 0.4) is 0 Å². The van der Waals surface area contributed by atoms with Crippen molar-refractivity contribution in [2.24, 2.45) is 0 Å². The summed E-state index contributed by atoms with van der Waals surface area (Å²) in [6.45, 7) is 0. The van der Waals surface area contributed by atoms with Gasteiger partial charge in [-0.2, -0.15) is 0 Å². The van der Waals surface area contributed by atoms with E-state index in [9.17, 15) is 0 Å². The van der Waals surface area contributed by atoms with Gasteiger partial charge in [0.25, 0.3) is 0 Å². The van der Waals surface area contributed by atoms with Crippen LogP contribution < -0.4 is 9.80 Å². The number of hydrogen-bond acceptors (Lipinski definition) is 5. The van der Waals surface area contributed by atoms with E-state index in [-0.39, 0.29) is 0 Å². The van der Waals surface area contributed by atoms with Crippen LogP contribution in [0, 0.1) is 0 Å². The number of hydrogen-bond donors (Lipinski definition) is 0. The maximum atomic E-state index is 2.51. The Labute approximate surface area is 341 Å². The van der Waals surface area contributed by atoms with Gasteiger partial charge in [0.15, 0.2) is 0 Å². The highest BCUT2D eigenvalue weighted by Crippen LogP contribution is 2.55. The second kappa shape index (κ2) is 13.0. The molecule has 0 atom stereocenters. The van der Waals surface area contributed by atoms with E-state index >= 15 is 0 Å². The highest BCUT2D eigenvalue weighted by Gasteiger charge is 2.28. The SMILES string of the molecule is c1ccc(N(c2ccc3c(c2)sc2ccccc23)c2c(N(c3ccccc3)c3cccc4sc5ccccc5c34)ccc3c2sc2ccc4ccccc4c23)cc1. The highest BCUT2D eigenvalue weighted by atomic mass is 32.1. The molecule has 0 bridgehead atoms. The smallest absolute Gasteiger partial charge is 0.0883 e. The predicted octanol–water partition coefficient (Wildman–Crippen LogP) is 16.9. The third kappa shape index (κ3) is 5.13. The summed E-state index contributed by atoms with van der Waals surface area (Å²) in [5.41, 5.74) is 6.79. The molecule has 0 radical (unpaired) electrons. The summed E-state index contributed by atoms with van der Waals surface area (Å²) in [5.74, 6) is 0. The molecular formula is C52H32N2S3. The molecule has 12 rings (SSSR count). The van der Waals surface area contributed by atoms with Crippen molar-refractivity contribution in [1.29, 1.82) is 0 Å². The van der Waals surface area contributed by atoms with Crippen LogP contribution in [0.15, 0.2) is 194 Å². The molecule has 3 heterocycles. The second-order valence-electron chi connectivity index (χ2n) is 14.4. The minimum atomic E-state index is 1.11. The van der Waals surface area contributed by atoms with Gasteiger partial charge in [0.1, 0.15) is 0 Å². The van der Waals surface area contributed by atoms with Crippen molar-refractivity contribution >= 4 is 139 Å². The largest absolute Gasteiger partial charge is 0.308 e. The van der Waals surface area contributed by atoms with E-state index < -0.39 is 0 Å². The molecule has 268 valence electrons. The van der Waals surface area contributed by atoms with Crippen LogP contribution in [0.25, 0.3) is 71.3 Å². The first-order chi connectivity index (χ1) is 28.3. The van der Waals surface area contributed by atoms with Gasteiger partial charge in [-0.25, -0.2) is 0 Å². The Kier molecular flexibility index (Phi) is 7.48. The Morgan fingerprint density at radius 3 is 1.70 bits per heavy atom. The number of thiophene rings is 3. The molecule has 0 spiro atoms. The zero-order chi connectivity index (χ0) is 37.5. The third-order valence-electron chi connectivity index (χ3n) is 11.2. The van der Waals surface area contributed by atoms with Crippen molar-refractivity contribution in [2.75, 3.05) is 9.80 Å². The Bertz CT molecular complexity index is 3490. The Balaban J connectivity index is 1.23. The van der Waals surface area contributed by atoms with Gasteiger partial charge in [-0.05, 0) is 83.6 Å². The zero-order valence-electron chi connectivity index (χ0n) is 30.6. The van der Waals surface area contributed by atoms with Crippen molar-refractivity contribution < 1.29 is 0 Å². The van der Waals surface area contributed by atoms with Crippen LogP contribution >= 0.6 is 34.0 Å². The van der Waals surface area contributed by atoms with E-state index in [1.165, 1.54) is 71.3 Å². The number of para-hydroxylation sites is 2. The molecule has 0 N–H and O–H groups in total. The fourth-order valence-corrected chi connectivity index (χ4v) is 12.3. The molecule has 57 heavy (non-hydrogen) atoms.